The largest absolute Gasteiger partial charge is 0.370 e. The first-order chi connectivity index (χ1) is 7.75. The number of carbonyl (C=O) groups excluding carboxylic acids is 1. The van der Waals surface area contributed by atoms with Crippen molar-refractivity contribution in [3.63, 3.8) is 0 Å². The first kappa shape index (κ1) is 13.4. The summed E-state index contributed by atoms with van der Waals surface area (Å²) < 4.78 is 5.47. The van der Waals surface area contributed by atoms with Crippen LogP contribution in [0.2, 0.25) is 0 Å². The molecule has 1 fully saturated rings. The molecule has 2 nitrogen and oxygen atoms in total. The second kappa shape index (κ2) is 6.85. The van der Waals surface area contributed by atoms with Crippen LogP contribution in [0.3, 0.4) is 0 Å². The summed E-state index contributed by atoms with van der Waals surface area (Å²) in [4.78, 5) is 12.1. The minimum absolute atomic E-state index is 0.325. The predicted molar refractivity (Wildman–Crippen MR) is 66.5 cm³/mol. The number of hydrogen-bond donors (Lipinski definition) is 0. The van der Waals surface area contributed by atoms with Gasteiger partial charge in [-0.2, -0.15) is 0 Å². The molecule has 0 saturated heterocycles. The normalized spacial score (nSPS) is 18.6. The maximum atomic E-state index is 12.1. The average Bonchev–Trinajstić information content (AvgIpc) is 2.78. The number of ketones is 1. The Labute approximate surface area is 99.1 Å². The molecule has 1 aliphatic carbocycles. The molecular weight excluding hydrogens is 200 g/mol. The quantitative estimate of drug-likeness (QED) is 0.464. The van der Waals surface area contributed by atoms with Crippen molar-refractivity contribution in [3.8, 4) is 0 Å². The van der Waals surface area contributed by atoms with Crippen molar-refractivity contribution in [1.29, 1.82) is 0 Å². The number of carbonyl (C=O) groups is 1. The van der Waals surface area contributed by atoms with E-state index in [2.05, 4.69) is 6.58 Å². The monoisotopic (exact) mass is 224 g/mol. The van der Waals surface area contributed by atoms with Crippen LogP contribution in [0, 0.1) is 0 Å². The van der Waals surface area contributed by atoms with Gasteiger partial charge in [-0.1, -0.05) is 12.5 Å². The van der Waals surface area contributed by atoms with E-state index < -0.39 is 5.60 Å². The Morgan fingerprint density at radius 1 is 1.31 bits per heavy atom. The van der Waals surface area contributed by atoms with Gasteiger partial charge in [0.15, 0.2) is 5.78 Å². The molecular formula is C14H24O2. The molecule has 0 aromatic carbocycles. The summed E-state index contributed by atoms with van der Waals surface area (Å²) in [7, 11) is 1.68. The molecule has 0 spiro atoms. The Kier molecular flexibility index (Phi) is 5.75. The van der Waals surface area contributed by atoms with Crippen LogP contribution in [0.5, 0.6) is 0 Å². The van der Waals surface area contributed by atoms with Gasteiger partial charge < -0.3 is 4.74 Å². The first-order valence-corrected chi connectivity index (χ1v) is 6.44. The van der Waals surface area contributed by atoms with Crippen LogP contribution in [0.4, 0.5) is 0 Å². The molecule has 1 rings (SSSR count). The van der Waals surface area contributed by atoms with Crippen molar-refractivity contribution in [2.24, 2.45) is 0 Å². The molecule has 0 N–H and O–H groups in total. The van der Waals surface area contributed by atoms with Gasteiger partial charge in [0.1, 0.15) is 5.60 Å². The van der Waals surface area contributed by atoms with Gasteiger partial charge in [0.05, 0.1) is 0 Å². The van der Waals surface area contributed by atoms with E-state index in [0.717, 1.165) is 51.4 Å². The van der Waals surface area contributed by atoms with E-state index in [1.165, 1.54) is 0 Å². The highest BCUT2D eigenvalue weighted by Gasteiger charge is 2.40. The number of allylic oxidation sites excluding steroid dienone is 1. The lowest BCUT2D eigenvalue weighted by Crippen LogP contribution is -2.37. The van der Waals surface area contributed by atoms with E-state index in [-0.39, 0.29) is 0 Å². The summed E-state index contributed by atoms with van der Waals surface area (Å²) in [6, 6.07) is 0. The third-order valence-corrected chi connectivity index (χ3v) is 3.62. The number of rotatable bonds is 8. The Bertz CT molecular complexity index is 227. The Morgan fingerprint density at radius 2 is 2.00 bits per heavy atom. The highest BCUT2D eigenvalue weighted by Crippen LogP contribution is 2.34. The van der Waals surface area contributed by atoms with E-state index >= 15 is 0 Å². The molecule has 92 valence electrons. The number of Topliss-reactive ketones (excluding diaryl/α,β-unsaturated/α-hetero) is 1. The lowest BCUT2D eigenvalue weighted by molar-refractivity contribution is -0.140. The van der Waals surface area contributed by atoms with Gasteiger partial charge in [0.2, 0.25) is 0 Å². The molecule has 0 aromatic heterocycles. The fourth-order valence-electron chi connectivity index (χ4n) is 2.52. The molecule has 16 heavy (non-hydrogen) atoms. The minimum atomic E-state index is -0.418. The maximum absolute atomic E-state index is 12.1. The summed E-state index contributed by atoms with van der Waals surface area (Å²) in [6.45, 7) is 3.69. The highest BCUT2D eigenvalue weighted by atomic mass is 16.5. The zero-order valence-corrected chi connectivity index (χ0v) is 10.5. The molecule has 1 aliphatic rings. The standard InChI is InChI=1S/C14H24O2/c1-3-4-5-6-7-10-13(15)14(16-2)11-8-9-12-14/h3H,1,4-12H2,2H3. The molecule has 0 radical (unpaired) electrons. The topological polar surface area (TPSA) is 26.3 Å². The second-order valence-electron chi connectivity index (χ2n) is 4.72. The van der Waals surface area contributed by atoms with Crippen molar-refractivity contribution in [2.45, 2.75) is 63.4 Å². The second-order valence-corrected chi connectivity index (χ2v) is 4.72. The Balaban J connectivity index is 2.25. The number of ether oxygens (including phenoxy) is 1. The van der Waals surface area contributed by atoms with Gasteiger partial charge in [0.25, 0.3) is 0 Å². The Morgan fingerprint density at radius 3 is 2.56 bits per heavy atom. The van der Waals surface area contributed by atoms with E-state index in [0.29, 0.717) is 12.2 Å². The van der Waals surface area contributed by atoms with Gasteiger partial charge in [-0.3, -0.25) is 4.79 Å². The molecule has 2 heteroatoms. The molecule has 0 amide bonds. The van der Waals surface area contributed by atoms with Crippen molar-refractivity contribution in [3.05, 3.63) is 12.7 Å². The van der Waals surface area contributed by atoms with Crippen molar-refractivity contribution < 1.29 is 9.53 Å². The fraction of sp³-hybridized carbons (Fsp3) is 0.786. The molecule has 0 heterocycles. The van der Waals surface area contributed by atoms with Crippen LogP contribution in [0.15, 0.2) is 12.7 Å². The van der Waals surface area contributed by atoms with Crippen LogP contribution < -0.4 is 0 Å². The molecule has 0 unspecified atom stereocenters. The average molecular weight is 224 g/mol. The van der Waals surface area contributed by atoms with Crippen LogP contribution in [0.1, 0.15) is 57.8 Å². The minimum Gasteiger partial charge on any atom is -0.370 e. The fourth-order valence-corrected chi connectivity index (χ4v) is 2.52. The highest BCUT2D eigenvalue weighted by molar-refractivity contribution is 5.87. The van der Waals surface area contributed by atoms with Crippen molar-refractivity contribution in [2.75, 3.05) is 7.11 Å². The zero-order valence-electron chi connectivity index (χ0n) is 10.5. The lowest BCUT2D eigenvalue weighted by Gasteiger charge is -2.25. The first-order valence-electron chi connectivity index (χ1n) is 6.44. The summed E-state index contributed by atoms with van der Waals surface area (Å²) >= 11 is 0. The number of unbranched alkanes of at least 4 members (excludes halogenated alkanes) is 3. The molecule has 0 aromatic rings. The third kappa shape index (κ3) is 3.44. The van der Waals surface area contributed by atoms with Crippen LogP contribution >= 0.6 is 0 Å². The summed E-state index contributed by atoms with van der Waals surface area (Å²) in [5, 5.41) is 0. The zero-order chi connectivity index (χ0) is 11.9. The van der Waals surface area contributed by atoms with E-state index in [4.69, 9.17) is 4.74 Å². The SMILES string of the molecule is C=CCCCCCC(=O)C1(OC)CCCC1. The predicted octanol–water partition coefficient (Wildman–Crippen LogP) is 3.65. The summed E-state index contributed by atoms with van der Waals surface area (Å²) in [5.74, 6) is 0.325. The number of hydrogen-bond acceptors (Lipinski definition) is 2. The van der Waals surface area contributed by atoms with Gasteiger partial charge in [-0.05, 0) is 44.9 Å². The van der Waals surface area contributed by atoms with E-state index in [9.17, 15) is 4.79 Å². The van der Waals surface area contributed by atoms with Crippen LogP contribution in [-0.2, 0) is 9.53 Å². The van der Waals surface area contributed by atoms with Gasteiger partial charge in [0, 0.05) is 13.5 Å². The van der Waals surface area contributed by atoms with Gasteiger partial charge in [-0.25, -0.2) is 0 Å². The van der Waals surface area contributed by atoms with Crippen molar-refractivity contribution in [1.82, 2.24) is 0 Å². The van der Waals surface area contributed by atoms with Crippen LogP contribution in [-0.4, -0.2) is 18.5 Å². The molecule has 0 bridgehead atoms. The van der Waals surface area contributed by atoms with Gasteiger partial charge in [-0.15, -0.1) is 6.58 Å². The smallest absolute Gasteiger partial charge is 0.164 e. The van der Waals surface area contributed by atoms with Crippen LogP contribution in [0.25, 0.3) is 0 Å². The molecule has 0 aliphatic heterocycles. The molecule has 0 atom stereocenters. The van der Waals surface area contributed by atoms with Gasteiger partial charge >= 0.3 is 0 Å². The Hall–Kier alpha value is -0.630. The van der Waals surface area contributed by atoms with E-state index in [1.54, 1.807) is 7.11 Å². The maximum Gasteiger partial charge on any atom is 0.164 e. The number of methoxy groups -OCH3 is 1. The van der Waals surface area contributed by atoms with Crippen molar-refractivity contribution >= 4 is 5.78 Å². The summed E-state index contributed by atoms with van der Waals surface area (Å²) in [5.41, 5.74) is -0.418. The van der Waals surface area contributed by atoms with E-state index in [1.807, 2.05) is 6.08 Å². The third-order valence-electron chi connectivity index (χ3n) is 3.62. The molecule has 1 saturated carbocycles. The lowest BCUT2D eigenvalue weighted by atomic mass is 9.92. The summed E-state index contributed by atoms with van der Waals surface area (Å²) in [6.07, 6.45) is 11.1.